The summed E-state index contributed by atoms with van der Waals surface area (Å²) in [4.78, 5) is 23.2. The van der Waals surface area contributed by atoms with E-state index in [2.05, 4.69) is 45.2 Å². The second kappa shape index (κ2) is 17.0. The molecule has 4 fully saturated rings. The van der Waals surface area contributed by atoms with Gasteiger partial charge in [-0.2, -0.15) is 18.7 Å². The van der Waals surface area contributed by atoms with Gasteiger partial charge in [0.15, 0.2) is 23.3 Å². The van der Waals surface area contributed by atoms with Crippen LogP contribution in [0.4, 0.5) is 39.7 Å². The zero-order valence-corrected chi connectivity index (χ0v) is 31.2. The first-order chi connectivity index (χ1) is 25.3. The van der Waals surface area contributed by atoms with Crippen molar-refractivity contribution in [3.05, 3.63) is 70.8 Å². The fourth-order valence-corrected chi connectivity index (χ4v) is 8.27. The minimum absolute atomic E-state index is 0.616. The third-order valence-electron chi connectivity index (χ3n) is 10.3. The van der Waals surface area contributed by atoms with Gasteiger partial charge in [-0.1, -0.05) is 12.1 Å². The van der Waals surface area contributed by atoms with Crippen LogP contribution in [0.5, 0.6) is 0 Å². The zero-order chi connectivity index (χ0) is 36.0. The largest absolute Gasteiger partial charge is 0.344 e. The highest BCUT2D eigenvalue weighted by Gasteiger charge is 2.30. The summed E-state index contributed by atoms with van der Waals surface area (Å²) in [5.41, 5.74) is 1.67. The van der Waals surface area contributed by atoms with E-state index in [0.717, 1.165) is 125 Å². The van der Waals surface area contributed by atoms with Gasteiger partial charge in [0.1, 0.15) is 0 Å². The Kier molecular flexibility index (Phi) is 12.0. The highest BCUT2D eigenvalue weighted by molar-refractivity contribution is 7.10. The van der Waals surface area contributed by atoms with Crippen LogP contribution >= 0.6 is 23.1 Å². The van der Waals surface area contributed by atoms with Crippen molar-refractivity contribution in [1.82, 2.24) is 28.5 Å². The van der Waals surface area contributed by atoms with E-state index in [1.54, 1.807) is 12.1 Å². The van der Waals surface area contributed by atoms with Gasteiger partial charge in [0.05, 0.1) is 0 Å². The molecule has 4 aliphatic rings. The van der Waals surface area contributed by atoms with Gasteiger partial charge < -0.3 is 19.6 Å². The number of rotatable bonds is 11. The smallest absolute Gasteiger partial charge is 0.239 e. The molecule has 8 rings (SSSR count). The molecule has 0 N–H and O–H groups in total. The highest BCUT2D eigenvalue weighted by atomic mass is 32.1. The second-order valence-corrected chi connectivity index (χ2v) is 15.4. The van der Waals surface area contributed by atoms with Gasteiger partial charge in [-0.25, -0.2) is 17.6 Å². The van der Waals surface area contributed by atoms with Crippen LogP contribution in [-0.4, -0.2) is 120 Å². The molecule has 2 aromatic carbocycles. The molecule has 10 nitrogen and oxygen atoms in total. The summed E-state index contributed by atoms with van der Waals surface area (Å²) in [5.74, 6) is -1.39. The first-order valence-corrected chi connectivity index (χ1v) is 19.8. The van der Waals surface area contributed by atoms with Crippen LogP contribution in [0, 0.1) is 23.3 Å². The minimum Gasteiger partial charge on any atom is -0.344 e. The molecule has 0 atom stereocenters. The quantitative estimate of drug-likeness (QED) is 0.182. The molecule has 4 aromatic rings. The van der Waals surface area contributed by atoms with Gasteiger partial charge in [-0.05, 0) is 73.9 Å². The summed E-state index contributed by atoms with van der Waals surface area (Å²) in [6, 6.07) is 8.94. The first kappa shape index (κ1) is 36.7. The van der Waals surface area contributed by atoms with Crippen LogP contribution in [0.15, 0.2) is 36.4 Å². The fourth-order valence-electron chi connectivity index (χ4n) is 6.78. The summed E-state index contributed by atoms with van der Waals surface area (Å²) in [6.07, 6.45) is 6.39. The van der Waals surface area contributed by atoms with Crippen molar-refractivity contribution in [2.45, 2.75) is 44.6 Å². The highest BCUT2D eigenvalue weighted by Crippen LogP contribution is 2.31. The molecular formula is C36H46F4N10S2. The zero-order valence-electron chi connectivity index (χ0n) is 29.6. The van der Waals surface area contributed by atoms with Crippen molar-refractivity contribution in [2.24, 2.45) is 0 Å². The molecule has 1 aliphatic carbocycles. The summed E-state index contributed by atoms with van der Waals surface area (Å²) in [5, 5.41) is 2.00. The van der Waals surface area contributed by atoms with Crippen LogP contribution < -0.4 is 19.6 Å². The SMILES string of the molecule is CN(c1nsc(N2CCN(CCc3ccc(F)c(F)c3)CC2)n1)C1CC1.Fc1ccc(CCN2CCN(c3nc(N4CCCC4)ns3)CC2)cc1F. The molecule has 0 radical (unpaired) electrons. The number of aromatic nitrogens is 4. The molecule has 0 spiro atoms. The maximum atomic E-state index is 13.3. The van der Waals surface area contributed by atoms with Gasteiger partial charge in [-0.15, -0.1) is 0 Å². The Labute approximate surface area is 311 Å². The monoisotopic (exact) mass is 758 g/mol. The van der Waals surface area contributed by atoms with E-state index in [1.165, 1.54) is 73.0 Å². The summed E-state index contributed by atoms with van der Waals surface area (Å²) in [7, 11) is 2.07. The molecule has 2 aromatic heterocycles. The Balaban J connectivity index is 0.000000162. The lowest BCUT2D eigenvalue weighted by atomic mass is 10.1. The number of benzene rings is 2. The summed E-state index contributed by atoms with van der Waals surface area (Å²) >= 11 is 2.96. The minimum atomic E-state index is -0.786. The molecule has 280 valence electrons. The van der Waals surface area contributed by atoms with Crippen LogP contribution in [0.3, 0.4) is 0 Å². The molecular weight excluding hydrogens is 713 g/mol. The van der Waals surface area contributed by atoms with E-state index in [9.17, 15) is 17.6 Å². The molecule has 52 heavy (non-hydrogen) atoms. The Morgan fingerprint density at radius 2 is 1.12 bits per heavy atom. The second-order valence-electron chi connectivity index (χ2n) is 13.9. The lowest BCUT2D eigenvalue weighted by Gasteiger charge is -2.34. The van der Waals surface area contributed by atoms with Crippen molar-refractivity contribution >= 4 is 45.2 Å². The Bertz CT molecular complexity index is 1640. The molecule has 1 saturated carbocycles. The van der Waals surface area contributed by atoms with Crippen molar-refractivity contribution in [1.29, 1.82) is 0 Å². The summed E-state index contributed by atoms with van der Waals surface area (Å²) < 4.78 is 61.6. The lowest BCUT2D eigenvalue weighted by molar-refractivity contribution is 0.261. The number of nitrogens with zero attached hydrogens (tertiary/aromatic N) is 10. The lowest BCUT2D eigenvalue weighted by Crippen LogP contribution is -2.47. The molecule has 3 saturated heterocycles. The van der Waals surface area contributed by atoms with Gasteiger partial charge in [0.2, 0.25) is 22.2 Å². The number of hydrogen-bond donors (Lipinski definition) is 0. The predicted molar refractivity (Wildman–Crippen MR) is 200 cm³/mol. The molecule has 16 heteroatoms. The van der Waals surface area contributed by atoms with E-state index < -0.39 is 23.3 Å². The average molecular weight is 759 g/mol. The van der Waals surface area contributed by atoms with E-state index in [4.69, 9.17) is 9.97 Å². The standard InChI is InChI=1S/2C18H23F2N5S/c1-23(14-3-4-14)17-21-18(26-22-17)25-10-8-24(9-11-25)7-6-13-2-5-15(19)16(20)12-13;19-15-4-3-14(13-16(15)20)5-8-23-9-11-25(12-10-23)18-21-17(22-26-18)24-6-1-2-7-24/h2,5,12,14H,3-4,6-11H2,1H3;3-4,13H,1-2,5-12H2. The Hall–Kier alpha value is -3.60. The molecule has 0 amide bonds. The average Bonchev–Trinajstić information content (AvgIpc) is 3.52. The Morgan fingerprint density at radius 3 is 1.62 bits per heavy atom. The molecule has 0 bridgehead atoms. The Morgan fingerprint density at radius 1 is 0.615 bits per heavy atom. The van der Waals surface area contributed by atoms with Crippen molar-refractivity contribution in [2.75, 3.05) is 105 Å². The van der Waals surface area contributed by atoms with Gasteiger partial charge in [0.25, 0.3) is 0 Å². The van der Waals surface area contributed by atoms with E-state index in [1.807, 2.05) is 0 Å². The maximum absolute atomic E-state index is 13.3. The van der Waals surface area contributed by atoms with Crippen LogP contribution in [0.25, 0.3) is 0 Å². The van der Waals surface area contributed by atoms with Gasteiger partial charge in [0, 0.05) is 115 Å². The molecule has 0 unspecified atom stereocenters. The van der Waals surface area contributed by atoms with E-state index >= 15 is 0 Å². The van der Waals surface area contributed by atoms with Gasteiger partial charge in [-0.3, -0.25) is 9.80 Å². The summed E-state index contributed by atoms with van der Waals surface area (Å²) in [6.45, 7) is 11.3. The normalized spacial score (nSPS) is 18.5. The molecule has 5 heterocycles. The van der Waals surface area contributed by atoms with Crippen molar-refractivity contribution in [3.8, 4) is 0 Å². The number of hydrogen-bond acceptors (Lipinski definition) is 12. The van der Waals surface area contributed by atoms with Gasteiger partial charge >= 0.3 is 0 Å². The van der Waals surface area contributed by atoms with Crippen molar-refractivity contribution < 1.29 is 17.6 Å². The van der Waals surface area contributed by atoms with Crippen LogP contribution in [0.1, 0.15) is 36.8 Å². The fraction of sp³-hybridized carbons (Fsp3) is 0.556. The third kappa shape index (κ3) is 9.49. The van der Waals surface area contributed by atoms with Crippen molar-refractivity contribution in [3.63, 3.8) is 0 Å². The van der Waals surface area contributed by atoms with E-state index in [0.29, 0.717) is 6.04 Å². The number of halogens is 4. The van der Waals surface area contributed by atoms with E-state index in [-0.39, 0.29) is 0 Å². The number of anilines is 4. The maximum Gasteiger partial charge on any atom is 0.239 e. The van der Waals surface area contributed by atoms with Crippen LogP contribution in [0.2, 0.25) is 0 Å². The number of piperazine rings is 2. The predicted octanol–water partition coefficient (Wildman–Crippen LogP) is 5.56. The first-order valence-electron chi connectivity index (χ1n) is 18.3. The third-order valence-corrected chi connectivity index (χ3v) is 11.8. The topological polar surface area (TPSA) is 71.0 Å². The van der Waals surface area contributed by atoms with Crippen LogP contribution in [-0.2, 0) is 12.8 Å². The molecule has 3 aliphatic heterocycles.